The highest BCUT2D eigenvalue weighted by Gasteiger charge is 2.31. The molecule has 1 N–H and O–H groups in total. The molecule has 0 saturated heterocycles. The summed E-state index contributed by atoms with van der Waals surface area (Å²) in [5.41, 5.74) is 0.0185. The Labute approximate surface area is 107 Å². The highest BCUT2D eigenvalue weighted by atomic mass is 19.4. The number of benzene rings is 1. The normalized spacial score (nSPS) is 12.3. The first-order valence-electron chi connectivity index (χ1n) is 5.63. The van der Waals surface area contributed by atoms with Gasteiger partial charge < -0.3 is 14.4 Å². The van der Waals surface area contributed by atoms with E-state index in [0.29, 0.717) is 24.5 Å². The Morgan fingerprint density at radius 3 is 2.68 bits per heavy atom. The number of aliphatic hydroxyl groups excluding tert-OH is 1. The lowest BCUT2D eigenvalue weighted by molar-refractivity contribution is -0.137. The van der Waals surface area contributed by atoms with Crippen molar-refractivity contribution in [3.8, 4) is 0 Å². The minimum atomic E-state index is -4.40. The van der Waals surface area contributed by atoms with E-state index in [2.05, 4.69) is 4.98 Å². The fourth-order valence-corrected chi connectivity index (χ4v) is 1.91. The molecule has 7 heteroatoms. The number of alkyl halides is 3. The van der Waals surface area contributed by atoms with Crippen LogP contribution in [0.2, 0.25) is 0 Å². The lowest BCUT2D eigenvalue weighted by atomic mass is 10.2. The van der Waals surface area contributed by atoms with E-state index in [1.54, 1.807) is 4.57 Å². The van der Waals surface area contributed by atoms with Gasteiger partial charge >= 0.3 is 6.18 Å². The third-order valence-corrected chi connectivity index (χ3v) is 2.82. The number of ether oxygens (including phenoxy) is 1. The molecule has 1 aromatic heterocycles. The van der Waals surface area contributed by atoms with Crippen molar-refractivity contribution in [3.05, 3.63) is 29.6 Å². The third kappa shape index (κ3) is 2.71. The molecule has 0 aliphatic carbocycles. The molecule has 2 aromatic rings. The summed E-state index contributed by atoms with van der Waals surface area (Å²) in [7, 11) is 1.53. The molecule has 0 radical (unpaired) electrons. The number of aromatic nitrogens is 2. The Balaban J connectivity index is 2.51. The zero-order valence-corrected chi connectivity index (χ0v) is 10.2. The largest absolute Gasteiger partial charge is 0.416 e. The average molecular weight is 274 g/mol. The van der Waals surface area contributed by atoms with E-state index in [-0.39, 0.29) is 12.1 Å². The first-order chi connectivity index (χ1) is 8.97. The lowest BCUT2D eigenvalue weighted by Crippen LogP contribution is -2.08. The Hall–Kier alpha value is -1.60. The van der Waals surface area contributed by atoms with Crippen molar-refractivity contribution in [2.24, 2.45) is 0 Å². The van der Waals surface area contributed by atoms with Gasteiger partial charge in [0.2, 0.25) is 0 Å². The summed E-state index contributed by atoms with van der Waals surface area (Å²) in [6.45, 7) is 0.480. The summed E-state index contributed by atoms with van der Waals surface area (Å²) in [5, 5.41) is 9.20. The van der Waals surface area contributed by atoms with Gasteiger partial charge in [-0.2, -0.15) is 13.2 Å². The van der Waals surface area contributed by atoms with Crippen LogP contribution < -0.4 is 0 Å². The van der Waals surface area contributed by atoms with Gasteiger partial charge in [0.25, 0.3) is 0 Å². The zero-order chi connectivity index (χ0) is 14.0. The third-order valence-electron chi connectivity index (χ3n) is 2.82. The lowest BCUT2D eigenvalue weighted by Gasteiger charge is -2.08. The predicted octanol–water partition coefficient (Wildman–Crippen LogP) is 2.19. The summed E-state index contributed by atoms with van der Waals surface area (Å²) in [6.07, 6.45) is -4.40. The molecule has 0 aliphatic rings. The van der Waals surface area contributed by atoms with Crippen LogP contribution in [0.5, 0.6) is 0 Å². The number of nitrogens with zero attached hydrogens (tertiary/aromatic N) is 2. The molecule has 19 heavy (non-hydrogen) atoms. The minimum absolute atomic E-state index is 0.218. The van der Waals surface area contributed by atoms with Crippen LogP contribution in [0.25, 0.3) is 11.0 Å². The van der Waals surface area contributed by atoms with Gasteiger partial charge in [-0.25, -0.2) is 4.98 Å². The second-order valence-corrected chi connectivity index (χ2v) is 4.03. The molecule has 0 spiro atoms. The SMILES string of the molecule is COCCn1c(CO)nc2cc(C(F)(F)F)ccc21. The minimum Gasteiger partial charge on any atom is -0.388 e. The second-order valence-electron chi connectivity index (χ2n) is 4.03. The topological polar surface area (TPSA) is 47.3 Å². The molecule has 1 aromatic carbocycles. The number of halogens is 3. The molecule has 0 bridgehead atoms. The van der Waals surface area contributed by atoms with Gasteiger partial charge in [0, 0.05) is 13.7 Å². The van der Waals surface area contributed by atoms with Crippen LogP contribution >= 0.6 is 0 Å². The smallest absolute Gasteiger partial charge is 0.388 e. The maximum absolute atomic E-state index is 12.6. The first kappa shape index (κ1) is 13.8. The quantitative estimate of drug-likeness (QED) is 0.929. The van der Waals surface area contributed by atoms with Crippen molar-refractivity contribution >= 4 is 11.0 Å². The Kier molecular flexibility index (Phi) is 3.77. The van der Waals surface area contributed by atoms with Crippen LogP contribution in [-0.4, -0.2) is 28.4 Å². The number of aliphatic hydroxyl groups is 1. The number of fused-ring (bicyclic) bond motifs is 1. The molecular formula is C12H13F3N2O2. The van der Waals surface area contributed by atoms with Crippen LogP contribution in [0, 0.1) is 0 Å². The van der Waals surface area contributed by atoms with Crippen LogP contribution in [0.4, 0.5) is 13.2 Å². The zero-order valence-electron chi connectivity index (χ0n) is 10.2. The van der Waals surface area contributed by atoms with E-state index in [0.717, 1.165) is 12.1 Å². The van der Waals surface area contributed by atoms with Crippen LogP contribution in [0.15, 0.2) is 18.2 Å². The molecule has 104 valence electrons. The van der Waals surface area contributed by atoms with Gasteiger partial charge in [0.05, 0.1) is 23.2 Å². The highest BCUT2D eigenvalue weighted by Crippen LogP contribution is 2.31. The van der Waals surface area contributed by atoms with Gasteiger partial charge in [-0.3, -0.25) is 0 Å². The van der Waals surface area contributed by atoms with E-state index < -0.39 is 11.7 Å². The van der Waals surface area contributed by atoms with Gasteiger partial charge in [-0.05, 0) is 18.2 Å². The monoisotopic (exact) mass is 274 g/mol. The Morgan fingerprint density at radius 1 is 1.37 bits per heavy atom. The Bertz CT molecular complexity index is 578. The maximum Gasteiger partial charge on any atom is 0.416 e. The number of rotatable bonds is 4. The molecule has 0 unspecified atom stereocenters. The highest BCUT2D eigenvalue weighted by molar-refractivity contribution is 5.77. The fourth-order valence-electron chi connectivity index (χ4n) is 1.91. The van der Waals surface area contributed by atoms with E-state index in [1.165, 1.54) is 13.2 Å². The Morgan fingerprint density at radius 2 is 2.11 bits per heavy atom. The first-order valence-corrected chi connectivity index (χ1v) is 5.63. The van der Waals surface area contributed by atoms with Crippen molar-refractivity contribution < 1.29 is 23.0 Å². The second kappa shape index (κ2) is 5.18. The van der Waals surface area contributed by atoms with Crippen molar-refractivity contribution in [1.29, 1.82) is 0 Å². The summed E-state index contributed by atoms with van der Waals surface area (Å²) < 4.78 is 44.4. The standard InChI is InChI=1S/C12H13F3N2O2/c1-19-5-4-17-10-3-2-8(12(13,14)15)6-9(10)16-11(17)7-18/h2-3,6,18H,4-5,7H2,1H3. The summed E-state index contributed by atoms with van der Waals surface area (Å²) in [6, 6.07) is 3.35. The van der Waals surface area contributed by atoms with Crippen LogP contribution in [-0.2, 0) is 24.1 Å². The van der Waals surface area contributed by atoms with Gasteiger partial charge in [-0.15, -0.1) is 0 Å². The average Bonchev–Trinajstić information content (AvgIpc) is 2.72. The molecule has 1 heterocycles. The van der Waals surface area contributed by atoms with Crippen molar-refractivity contribution in [2.45, 2.75) is 19.3 Å². The van der Waals surface area contributed by atoms with Crippen molar-refractivity contribution in [2.75, 3.05) is 13.7 Å². The fraction of sp³-hybridized carbons (Fsp3) is 0.417. The van der Waals surface area contributed by atoms with E-state index in [4.69, 9.17) is 4.74 Å². The molecule has 0 fully saturated rings. The number of hydrogen-bond acceptors (Lipinski definition) is 3. The number of methoxy groups -OCH3 is 1. The molecule has 4 nitrogen and oxygen atoms in total. The van der Waals surface area contributed by atoms with Gasteiger partial charge in [0.1, 0.15) is 12.4 Å². The van der Waals surface area contributed by atoms with Gasteiger partial charge in [-0.1, -0.05) is 0 Å². The maximum atomic E-state index is 12.6. The van der Waals surface area contributed by atoms with Crippen LogP contribution in [0.3, 0.4) is 0 Å². The van der Waals surface area contributed by atoms with E-state index in [9.17, 15) is 18.3 Å². The van der Waals surface area contributed by atoms with E-state index in [1.807, 2.05) is 0 Å². The summed E-state index contributed by atoms with van der Waals surface area (Å²) in [5.74, 6) is 0.325. The molecular weight excluding hydrogens is 261 g/mol. The summed E-state index contributed by atoms with van der Waals surface area (Å²) in [4.78, 5) is 4.02. The molecule has 0 saturated carbocycles. The van der Waals surface area contributed by atoms with Crippen molar-refractivity contribution in [1.82, 2.24) is 9.55 Å². The molecule has 0 atom stereocenters. The van der Waals surface area contributed by atoms with Crippen LogP contribution in [0.1, 0.15) is 11.4 Å². The van der Waals surface area contributed by atoms with E-state index >= 15 is 0 Å². The van der Waals surface area contributed by atoms with Crippen molar-refractivity contribution in [3.63, 3.8) is 0 Å². The van der Waals surface area contributed by atoms with Gasteiger partial charge in [0.15, 0.2) is 0 Å². The molecule has 0 amide bonds. The predicted molar refractivity (Wildman–Crippen MR) is 62.5 cm³/mol. The molecule has 0 aliphatic heterocycles. The summed E-state index contributed by atoms with van der Waals surface area (Å²) >= 11 is 0. The molecule has 2 rings (SSSR count). The number of hydrogen-bond donors (Lipinski definition) is 1. The number of imidazole rings is 1.